The van der Waals surface area contributed by atoms with Crippen molar-refractivity contribution in [3.05, 3.63) is 95.6 Å². The molecule has 3 N–H and O–H groups in total. The molecule has 1 unspecified atom stereocenters. The Balaban J connectivity index is 1.46. The summed E-state index contributed by atoms with van der Waals surface area (Å²) in [5, 5.41) is 2.69. The number of hydrogen-bond acceptors (Lipinski definition) is 8. The van der Waals surface area contributed by atoms with Crippen LogP contribution in [0.2, 0.25) is 0 Å². The highest BCUT2D eigenvalue weighted by Crippen LogP contribution is 2.42. The zero-order valence-corrected chi connectivity index (χ0v) is 26.9. The van der Waals surface area contributed by atoms with E-state index < -0.39 is 40.8 Å². The van der Waals surface area contributed by atoms with E-state index in [1.54, 1.807) is 77.8 Å². The van der Waals surface area contributed by atoms with E-state index in [-0.39, 0.29) is 6.42 Å². The van der Waals surface area contributed by atoms with Crippen LogP contribution in [0.4, 0.5) is 4.79 Å². The second-order valence-electron chi connectivity index (χ2n) is 12.8. The van der Waals surface area contributed by atoms with E-state index in [1.165, 1.54) is 0 Å². The van der Waals surface area contributed by atoms with Crippen LogP contribution in [0.3, 0.4) is 0 Å². The molecule has 44 heavy (non-hydrogen) atoms. The summed E-state index contributed by atoms with van der Waals surface area (Å²) in [6.45, 7) is 11.9. The first-order chi connectivity index (χ1) is 20.6. The maximum absolute atomic E-state index is 13.0. The summed E-state index contributed by atoms with van der Waals surface area (Å²) in [6, 6.07) is 23.8. The molecule has 0 bridgehead atoms. The van der Waals surface area contributed by atoms with E-state index in [4.69, 9.17) is 19.9 Å². The first-order valence-corrected chi connectivity index (χ1v) is 15.3. The Hall–Kier alpha value is -4.02. The molecule has 3 aromatic rings. The number of nitrogens with two attached hydrogens (primary N) is 1. The lowest BCUT2D eigenvalue weighted by Crippen LogP contribution is -2.59. The lowest BCUT2D eigenvalue weighted by atomic mass is 9.87. The number of rotatable bonds is 10. The van der Waals surface area contributed by atoms with Crippen LogP contribution in [0, 0.1) is 0 Å². The number of carbonyl (C=O) groups is 3. The predicted molar refractivity (Wildman–Crippen MR) is 170 cm³/mol. The molecule has 0 spiro atoms. The third-order valence-electron chi connectivity index (χ3n) is 6.57. The van der Waals surface area contributed by atoms with Crippen LogP contribution in [0.1, 0.15) is 63.0 Å². The molecule has 3 aromatic carbocycles. The summed E-state index contributed by atoms with van der Waals surface area (Å²) >= 11 is 1.59. The van der Waals surface area contributed by atoms with Crippen molar-refractivity contribution in [3.8, 4) is 5.75 Å². The Morgan fingerprint density at radius 2 is 1.52 bits per heavy atom. The fourth-order valence-electron chi connectivity index (χ4n) is 4.68. The fourth-order valence-corrected chi connectivity index (χ4v) is 5.87. The van der Waals surface area contributed by atoms with E-state index in [2.05, 4.69) is 21.8 Å². The Bertz CT molecular complexity index is 1460. The SMILES string of the molecule is CC(C)(C)OC(=O)NC(Cc1cccc(SN2CC(Oc3ccc(C(N)=O)cc3)(c3ccccc3)C2)c1)C(=O)OC(C)(C)C. The van der Waals surface area contributed by atoms with Gasteiger partial charge >= 0.3 is 12.1 Å². The van der Waals surface area contributed by atoms with Gasteiger partial charge in [0.25, 0.3) is 0 Å². The summed E-state index contributed by atoms with van der Waals surface area (Å²) < 4.78 is 19.7. The van der Waals surface area contributed by atoms with Crippen molar-refractivity contribution in [2.24, 2.45) is 5.73 Å². The monoisotopic (exact) mass is 619 g/mol. The van der Waals surface area contributed by atoms with Crippen LogP contribution in [0.5, 0.6) is 5.75 Å². The number of amides is 2. The van der Waals surface area contributed by atoms with Crippen LogP contribution >= 0.6 is 11.9 Å². The molecule has 0 aliphatic carbocycles. The molecule has 234 valence electrons. The highest BCUT2D eigenvalue weighted by molar-refractivity contribution is 7.97. The molecular weight excluding hydrogens is 578 g/mol. The van der Waals surface area contributed by atoms with Crippen molar-refractivity contribution in [1.82, 2.24) is 9.62 Å². The van der Waals surface area contributed by atoms with Gasteiger partial charge in [-0.05, 0) is 101 Å². The fraction of sp³-hybridized carbons (Fsp3) is 0.382. The first-order valence-electron chi connectivity index (χ1n) is 14.5. The Morgan fingerprint density at radius 1 is 0.886 bits per heavy atom. The van der Waals surface area contributed by atoms with Crippen LogP contribution in [-0.2, 0) is 26.3 Å². The number of carbonyl (C=O) groups excluding carboxylic acids is 3. The van der Waals surface area contributed by atoms with Gasteiger partial charge in [-0.15, -0.1) is 0 Å². The minimum Gasteiger partial charge on any atom is -0.480 e. The van der Waals surface area contributed by atoms with Gasteiger partial charge in [-0.25, -0.2) is 13.9 Å². The molecule has 10 heteroatoms. The highest BCUT2D eigenvalue weighted by atomic mass is 32.2. The summed E-state index contributed by atoms with van der Waals surface area (Å²) in [5.41, 5.74) is 5.75. The van der Waals surface area contributed by atoms with Gasteiger partial charge in [0.2, 0.25) is 5.91 Å². The smallest absolute Gasteiger partial charge is 0.408 e. The largest absolute Gasteiger partial charge is 0.480 e. The number of ether oxygens (including phenoxy) is 3. The van der Waals surface area contributed by atoms with Gasteiger partial charge in [0.05, 0.1) is 13.1 Å². The van der Waals surface area contributed by atoms with Crippen LogP contribution < -0.4 is 15.8 Å². The summed E-state index contributed by atoms with van der Waals surface area (Å²) in [5.74, 6) is -0.366. The second kappa shape index (κ2) is 13.3. The quantitative estimate of drug-likeness (QED) is 0.214. The van der Waals surface area contributed by atoms with Crippen LogP contribution in [0.25, 0.3) is 0 Å². The summed E-state index contributed by atoms with van der Waals surface area (Å²) in [4.78, 5) is 38.1. The number of nitrogens with zero attached hydrogens (tertiary/aromatic N) is 1. The maximum atomic E-state index is 13.0. The van der Waals surface area contributed by atoms with E-state index in [0.717, 1.165) is 16.0 Å². The van der Waals surface area contributed by atoms with Crippen molar-refractivity contribution in [2.75, 3.05) is 13.1 Å². The van der Waals surface area contributed by atoms with Crippen molar-refractivity contribution < 1.29 is 28.6 Å². The van der Waals surface area contributed by atoms with Gasteiger partial charge in [-0.1, -0.05) is 42.5 Å². The number of primary amides is 1. The van der Waals surface area contributed by atoms with Crippen LogP contribution in [-0.4, -0.2) is 52.6 Å². The predicted octanol–water partition coefficient (Wildman–Crippen LogP) is 5.86. The molecule has 0 radical (unpaired) electrons. The molecular formula is C34H41N3O6S. The van der Waals surface area contributed by atoms with E-state index >= 15 is 0 Å². The number of nitrogens with one attached hydrogen (secondary N) is 1. The third kappa shape index (κ3) is 9.24. The van der Waals surface area contributed by atoms with Gasteiger partial charge in [-0.2, -0.15) is 0 Å². The Labute approximate surface area is 263 Å². The normalized spacial score (nSPS) is 15.4. The molecule has 1 aliphatic rings. The van der Waals surface area contributed by atoms with Gasteiger partial charge in [-0.3, -0.25) is 4.79 Å². The van der Waals surface area contributed by atoms with E-state index in [9.17, 15) is 14.4 Å². The number of alkyl carbamates (subject to hydrolysis) is 1. The zero-order valence-electron chi connectivity index (χ0n) is 26.1. The van der Waals surface area contributed by atoms with Gasteiger partial charge < -0.3 is 25.3 Å². The highest BCUT2D eigenvalue weighted by Gasteiger charge is 2.47. The second-order valence-corrected chi connectivity index (χ2v) is 14.0. The topological polar surface area (TPSA) is 120 Å². The molecule has 0 aromatic heterocycles. The van der Waals surface area contributed by atoms with Gasteiger partial charge in [0.15, 0.2) is 5.60 Å². The Morgan fingerprint density at radius 3 is 2.11 bits per heavy atom. The molecule has 1 aliphatic heterocycles. The van der Waals surface area contributed by atoms with E-state index in [0.29, 0.717) is 24.4 Å². The molecule has 1 atom stereocenters. The minimum absolute atomic E-state index is 0.237. The average Bonchev–Trinajstić information content (AvgIpc) is 2.90. The zero-order chi connectivity index (χ0) is 32.1. The van der Waals surface area contributed by atoms with Crippen molar-refractivity contribution in [3.63, 3.8) is 0 Å². The standard InChI is InChI=1S/C34H41N3O6S/c1-32(2,3)42-30(39)28(36-31(40)43-33(4,5)6)20-23-11-10-14-27(19-23)44-37-21-34(22-37,25-12-8-7-9-13-25)41-26-17-15-24(16-18-26)29(35)38/h7-19,28H,20-22H2,1-6H3,(H2,35,38)(H,36,40). The molecule has 1 saturated heterocycles. The summed E-state index contributed by atoms with van der Waals surface area (Å²) in [6.07, 6.45) is -0.443. The van der Waals surface area contributed by atoms with Gasteiger partial charge in [0.1, 0.15) is 23.0 Å². The number of benzene rings is 3. The lowest BCUT2D eigenvalue weighted by molar-refractivity contribution is -0.157. The minimum atomic E-state index is -0.923. The van der Waals surface area contributed by atoms with Crippen molar-refractivity contribution in [1.29, 1.82) is 0 Å². The molecule has 1 heterocycles. The average molecular weight is 620 g/mol. The van der Waals surface area contributed by atoms with Crippen molar-refractivity contribution >= 4 is 29.9 Å². The first kappa shape index (κ1) is 32.9. The number of esters is 1. The molecule has 0 saturated carbocycles. The summed E-state index contributed by atoms with van der Waals surface area (Å²) in [7, 11) is 0. The van der Waals surface area contributed by atoms with Gasteiger partial charge in [0, 0.05) is 16.9 Å². The molecule has 1 fully saturated rings. The lowest BCUT2D eigenvalue weighted by Gasteiger charge is -2.49. The van der Waals surface area contributed by atoms with Crippen molar-refractivity contribution in [2.45, 2.75) is 75.7 Å². The molecule has 2 amide bonds. The molecule has 9 nitrogen and oxygen atoms in total. The molecule has 4 rings (SSSR count). The number of hydrogen-bond donors (Lipinski definition) is 2. The van der Waals surface area contributed by atoms with E-state index in [1.807, 2.05) is 42.5 Å². The third-order valence-corrected chi connectivity index (χ3v) is 7.55. The van der Waals surface area contributed by atoms with Crippen LogP contribution in [0.15, 0.2) is 83.8 Å². The Kier molecular flexibility index (Phi) is 9.95. The maximum Gasteiger partial charge on any atom is 0.408 e.